The minimum atomic E-state index is -1.97. The van der Waals surface area contributed by atoms with Crippen molar-refractivity contribution in [1.82, 2.24) is 0 Å². The Hall–Kier alpha value is -3.09. The van der Waals surface area contributed by atoms with Crippen molar-refractivity contribution in [2.75, 3.05) is 12.8 Å². The standard InChI is InChI=1S/C26H25NOP/c1-28-25-19-11-12-21(26(25)27)20-29(22-13-5-2-6-14-22,23-15-7-3-8-16-23)24-17-9-4-10-18-24/h2-19H,20,27H2,1H3/q+1. The van der Waals surface area contributed by atoms with Gasteiger partial charge in [0, 0.05) is 5.56 Å². The Kier molecular flexibility index (Phi) is 5.64. The van der Waals surface area contributed by atoms with Crippen LogP contribution in [0.4, 0.5) is 5.69 Å². The topological polar surface area (TPSA) is 35.2 Å². The van der Waals surface area contributed by atoms with Gasteiger partial charge in [-0.1, -0.05) is 66.7 Å². The maximum Gasteiger partial charge on any atom is 0.142 e. The SMILES string of the molecule is COc1cccc(C[P+](c2ccccc2)(c2ccccc2)c2ccccc2)c1N. The maximum absolute atomic E-state index is 6.53. The van der Waals surface area contributed by atoms with E-state index in [0.29, 0.717) is 0 Å². The number of nitrogens with two attached hydrogens (primary N) is 1. The van der Waals surface area contributed by atoms with Crippen molar-refractivity contribution in [3.8, 4) is 5.75 Å². The van der Waals surface area contributed by atoms with Crippen LogP contribution < -0.4 is 26.4 Å². The zero-order chi connectivity index (χ0) is 20.1. The molecule has 0 aliphatic carbocycles. The fourth-order valence-corrected chi connectivity index (χ4v) is 8.20. The Bertz CT molecular complexity index is 969. The van der Waals surface area contributed by atoms with Crippen molar-refractivity contribution in [3.05, 3.63) is 115 Å². The van der Waals surface area contributed by atoms with E-state index in [4.69, 9.17) is 10.5 Å². The number of hydrogen-bond acceptors (Lipinski definition) is 2. The summed E-state index contributed by atoms with van der Waals surface area (Å²) in [5.74, 6) is 0.731. The molecule has 0 fully saturated rings. The highest BCUT2D eigenvalue weighted by Gasteiger charge is 2.45. The van der Waals surface area contributed by atoms with Gasteiger partial charge in [-0.15, -0.1) is 0 Å². The predicted octanol–water partition coefficient (Wildman–Crippen LogP) is 4.77. The fraction of sp³-hybridized carbons (Fsp3) is 0.0769. The lowest BCUT2D eigenvalue weighted by atomic mass is 10.2. The lowest BCUT2D eigenvalue weighted by Crippen LogP contribution is -2.32. The van der Waals surface area contributed by atoms with E-state index in [0.717, 1.165) is 23.2 Å². The molecule has 0 saturated carbocycles. The zero-order valence-corrected chi connectivity index (χ0v) is 17.4. The molecule has 29 heavy (non-hydrogen) atoms. The second kappa shape index (κ2) is 8.51. The molecule has 0 amide bonds. The molecule has 0 aliphatic rings. The molecule has 144 valence electrons. The van der Waals surface area contributed by atoms with Crippen molar-refractivity contribution in [1.29, 1.82) is 0 Å². The smallest absolute Gasteiger partial charge is 0.142 e. The Morgan fingerprint density at radius 2 is 1.07 bits per heavy atom. The van der Waals surface area contributed by atoms with Crippen LogP contribution in [-0.2, 0) is 6.16 Å². The Morgan fingerprint density at radius 3 is 1.48 bits per heavy atom. The first-order chi connectivity index (χ1) is 14.3. The summed E-state index contributed by atoms with van der Waals surface area (Å²) in [5, 5.41) is 4.04. The third-order valence-corrected chi connectivity index (χ3v) is 9.73. The third-order valence-electron chi connectivity index (χ3n) is 5.37. The van der Waals surface area contributed by atoms with Crippen molar-refractivity contribution in [2.24, 2.45) is 0 Å². The van der Waals surface area contributed by atoms with E-state index in [2.05, 4.69) is 97.1 Å². The van der Waals surface area contributed by atoms with Crippen LogP contribution in [0.15, 0.2) is 109 Å². The molecule has 2 N–H and O–H groups in total. The summed E-state index contributed by atoms with van der Waals surface area (Å²) >= 11 is 0. The maximum atomic E-state index is 6.53. The van der Waals surface area contributed by atoms with Crippen LogP contribution in [0, 0.1) is 0 Å². The average molecular weight is 398 g/mol. The lowest BCUT2D eigenvalue weighted by Gasteiger charge is -2.28. The Morgan fingerprint density at radius 1 is 0.621 bits per heavy atom. The normalized spacial score (nSPS) is 11.2. The van der Waals surface area contributed by atoms with Gasteiger partial charge in [-0.3, -0.25) is 0 Å². The molecule has 3 heteroatoms. The minimum Gasteiger partial charge on any atom is -0.495 e. The first kappa shape index (κ1) is 19.2. The van der Waals surface area contributed by atoms with E-state index in [-0.39, 0.29) is 0 Å². The molecule has 0 aliphatic heterocycles. The van der Waals surface area contributed by atoms with Gasteiger partial charge in [0.05, 0.1) is 12.8 Å². The highest BCUT2D eigenvalue weighted by atomic mass is 31.2. The molecule has 0 heterocycles. The molecule has 4 rings (SSSR count). The van der Waals surface area contributed by atoms with E-state index < -0.39 is 7.26 Å². The number of rotatable bonds is 6. The molecule has 0 radical (unpaired) electrons. The fourth-order valence-electron chi connectivity index (χ4n) is 3.93. The molecule has 4 aromatic rings. The summed E-state index contributed by atoms with van der Waals surface area (Å²) in [6, 6.07) is 38.6. The molecule has 0 saturated heterocycles. The van der Waals surface area contributed by atoms with E-state index in [1.165, 1.54) is 15.9 Å². The molecule has 0 unspecified atom stereocenters. The summed E-state index contributed by atoms with van der Waals surface area (Å²) in [6.07, 6.45) is 0.841. The van der Waals surface area contributed by atoms with Crippen molar-refractivity contribution in [3.63, 3.8) is 0 Å². The highest BCUT2D eigenvalue weighted by Crippen LogP contribution is 2.59. The molecular formula is C26H25NOP+. The van der Waals surface area contributed by atoms with E-state index in [1.54, 1.807) is 7.11 Å². The van der Waals surface area contributed by atoms with Gasteiger partial charge >= 0.3 is 0 Å². The van der Waals surface area contributed by atoms with E-state index >= 15 is 0 Å². The first-order valence-corrected chi connectivity index (χ1v) is 11.7. The van der Waals surface area contributed by atoms with Crippen molar-refractivity contribution in [2.45, 2.75) is 6.16 Å². The summed E-state index contributed by atoms with van der Waals surface area (Å²) < 4.78 is 5.50. The van der Waals surface area contributed by atoms with Crippen LogP contribution >= 0.6 is 7.26 Å². The summed E-state index contributed by atoms with van der Waals surface area (Å²) in [6.45, 7) is 0. The van der Waals surface area contributed by atoms with Gasteiger partial charge in [0.1, 0.15) is 35.1 Å². The van der Waals surface area contributed by atoms with Gasteiger partial charge in [0.2, 0.25) is 0 Å². The Balaban J connectivity index is 2.01. The molecule has 2 nitrogen and oxygen atoms in total. The number of para-hydroxylation sites is 1. The van der Waals surface area contributed by atoms with Gasteiger partial charge in [0.15, 0.2) is 0 Å². The monoisotopic (exact) mass is 398 g/mol. The lowest BCUT2D eigenvalue weighted by molar-refractivity contribution is 0.416. The third kappa shape index (κ3) is 3.64. The van der Waals surface area contributed by atoms with Gasteiger partial charge < -0.3 is 10.5 Å². The van der Waals surface area contributed by atoms with Crippen LogP contribution in [-0.4, -0.2) is 7.11 Å². The van der Waals surface area contributed by atoms with E-state index in [9.17, 15) is 0 Å². The van der Waals surface area contributed by atoms with Gasteiger partial charge in [0.25, 0.3) is 0 Å². The summed E-state index contributed by atoms with van der Waals surface area (Å²) in [5.41, 5.74) is 8.37. The van der Waals surface area contributed by atoms with Gasteiger partial charge in [-0.25, -0.2) is 0 Å². The summed E-state index contributed by atoms with van der Waals surface area (Å²) in [7, 11) is -0.298. The average Bonchev–Trinajstić information content (AvgIpc) is 2.80. The van der Waals surface area contributed by atoms with Crippen LogP contribution in [0.5, 0.6) is 5.75 Å². The largest absolute Gasteiger partial charge is 0.495 e. The molecule has 0 aromatic heterocycles. The quantitative estimate of drug-likeness (QED) is 0.375. The van der Waals surface area contributed by atoms with E-state index in [1.807, 2.05) is 12.1 Å². The molecule has 0 spiro atoms. The molecule has 0 bridgehead atoms. The predicted molar refractivity (Wildman–Crippen MR) is 126 cm³/mol. The zero-order valence-electron chi connectivity index (χ0n) is 16.5. The Labute approximate surface area is 173 Å². The van der Waals surface area contributed by atoms with Gasteiger partial charge in [-0.05, 0) is 42.5 Å². The number of nitrogen functional groups attached to an aromatic ring is 1. The molecular weight excluding hydrogens is 373 g/mol. The van der Waals surface area contributed by atoms with Crippen LogP contribution in [0.1, 0.15) is 5.56 Å². The molecule has 0 atom stereocenters. The summed E-state index contributed by atoms with van der Waals surface area (Å²) in [4.78, 5) is 0. The van der Waals surface area contributed by atoms with Gasteiger partial charge in [-0.2, -0.15) is 0 Å². The number of benzene rings is 4. The number of hydrogen-bond donors (Lipinski definition) is 1. The van der Waals surface area contributed by atoms with Crippen LogP contribution in [0.3, 0.4) is 0 Å². The van der Waals surface area contributed by atoms with Crippen molar-refractivity contribution < 1.29 is 4.74 Å². The minimum absolute atomic E-state index is 0.724. The first-order valence-electron chi connectivity index (χ1n) is 9.72. The number of anilines is 1. The highest BCUT2D eigenvalue weighted by molar-refractivity contribution is 7.95. The second-order valence-corrected chi connectivity index (χ2v) is 10.5. The van der Waals surface area contributed by atoms with Crippen LogP contribution in [0.2, 0.25) is 0 Å². The number of methoxy groups -OCH3 is 1. The number of ether oxygens (including phenoxy) is 1. The molecule has 4 aromatic carbocycles. The van der Waals surface area contributed by atoms with Crippen LogP contribution in [0.25, 0.3) is 0 Å². The van der Waals surface area contributed by atoms with Crippen molar-refractivity contribution >= 4 is 28.9 Å². The second-order valence-electron chi connectivity index (χ2n) is 7.01.